The van der Waals surface area contributed by atoms with Crippen LogP contribution in [0.2, 0.25) is 0 Å². The first-order chi connectivity index (χ1) is 9.33. The molecule has 0 saturated heterocycles. The Labute approximate surface area is 119 Å². The maximum absolute atomic E-state index is 12.5. The third-order valence-electron chi connectivity index (χ3n) is 3.46. The molecule has 0 amide bonds. The highest BCUT2D eigenvalue weighted by molar-refractivity contribution is 7.92. The lowest BCUT2D eigenvalue weighted by Gasteiger charge is -2.14. The van der Waals surface area contributed by atoms with Gasteiger partial charge in [0, 0.05) is 5.69 Å². The average Bonchev–Trinajstić information content (AvgIpc) is 2.38. The Morgan fingerprint density at radius 1 is 0.950 bits per heavy atom. The second-order valence-electron chi connectivity index (χ2n) is 4.82. The zero-order valence-electron chi connectivity index (χ0n) is 11.8. The molecule has 0 fully saturated rings. The number of nitrogens with one attached hydrogen (secondary N) is 1. The molecule has 20 heavy (non-hydrogen) atoms. The molecule has 0 aliphatic heterocycles. The van der Waals surface area contributed by atoms with E-state index >= 15 is 0 Å². The van der Waals surface area contributed by atoms with Gasteiger partial charge in [0.05, 0.1) is 10.6 Å². The van der Waals surface area contributed by atoms with Gasteiger partial charge < -0.3 is 5.73 Å². The van der Waals surface area contributed by atoms with Crippen LogP contribution in [0.1, 0.15) is 16.7 Å². The van der Waals surface area contributed by atoms with Crippen molar-refractivity contribution in [3.05, 3.63) is 53.1 Å². The zero-order chi connectivity index (χ0) is 14.9. The fourth-order valence-corrected chi connectivity index (χ4v) is 3.38. The summed E-state index contributed by atoms with van der Waals surface area (Å²) >= 11 is 0. The number of nitrogen functional groups attached to an aromatic ring is 1. The molecule has 2 aromatic rings. The van der Waals surface area contributed by atoms with Crippen LogP contribution in [0.15, 0.2) is 41.3 Å². The SMILES string of the molecule is Cc1cccc(NS(=O)(=O)c2cccc(N)c2C)c1C. The maximum Gasteiger partial charge on any atom is 0.262 e. The third kappa shape index (κ3) is 2.63. The van der Waals surface area contributed by atoms with Gasteiger partial charge in [-0.2, -0.15) is 0 Å². The molecule has 106 valence electrons. The Kier molecular flexibility index (Phi) is 3.72. The molecule has 2 rings (SSSR count). The Balaban J connectivity index is 2.47. The smallest absolute Gasteiger partial charge is 0.262 e. The highest BCUT2D eigenvalue weighted by atomic mass is 32.2. The second kappa shape index (κ2) is 5.17. The van der Waals surface area contributed by atoms with Crippen LogP contribution in [0.4, 0.5) is 11.4 Å². The van der Waals surface area contributed by atoms with Crippen LogP contribution in [0.3, 0.4) is 0 Å². The molecule has 0 radical (unpaired) electrons. The fourth-order valence-electron chi connectivity index (χ4n) is 1.98. The first-order valence-electron chi connectivity index (χ1n) is 6.27. The van der Waals surface area contributed by atoms with E-state index in [2.05, 4.69) is 4.72 Å². The van der Waals surface area contributed by atoms with E-state index < -0.39 is 10.0 Å². The third-order valence-corrected chi connectivity index (χ3v) is 4.97. The van der Waals surface area contributed by atoms with Crippen molar-refractivity contribution in [2.24, 2.45) is 0 Å². The lowest BCUT2D eigenvalue weighted by Crippen LogP contribution is -2.15. The number of rotatable bonds is 3. The van der Waals surface area contributed by atoms with E-state index in [0.29, 0.717) is 16.9 Å². The summed E-state index contributed by atoms with van der Waals surface area (Å²) < 4.78 is 27.6. The zero-order valence-corrected chi connectivity index (χ0v) is 12.6. The lowest BCUT2D eigenvalue weighted by atomic mass is 10.1. The summed E-state index contributed by atoms with van der Waals surface area (Å²) in [5.74, 6) is 0. The van der Waals surface area contributed by atoms with Crippen molar-refractivity contribution in [1.29, 1.82) is 0 Å². The van der Waals surface area contributed by atoms with Gasteiger partial charge in [-0.15, -0.1) is 0 Å². The molecule has 0 atom stereocenters. The van der Waals surface area contributed by atoms with Gasteiger partial charge in [0.25, 0.3) is 10.0 Å². The van der Waals surface area contributed by atoms with E-state index in [1.54, 1.807) is 31.2 Å². The Hall–Kier alpha value is -2.01. The second-order valence-corrected chi connectivity index (χ2v) is 6.47. The van der Waals surface area contributed by atoms with Crippen molar-refractivity contribution in [1.82, 2.24) is 0 Å². The van der Waals surface area contributed by atoms with Gasteiger partial charge in [-0.1, -0.05) is 18.2 Å². The molecule has 0 aromatic heterocycles. The van der Waals surface area contributed by atoms with E-state index in [1.165, 1.54) is 0 Å². The number of benzene rings is 2. The van der Waals surface area contributed by atoms with E-state index in [-0.39, 0.29) is 4.90 Å². The average molecular weight is 290 g/mol. The number of hydrogen-bond donors (Lipinski definition) is 2. The standard InChI is InChI=1S/C15H18N2O2S/c1-10-6-4-8-14(11(10)2)17-20(18,19)15-9-5-7-13(16)12(15)3/h4-9,17H,16H2,1-3H3. The quantitative estimate of drug-likeness (QED) is 0.854. The molecule has 0 bridgehead atoms. The Bertz CT molecular complexity index is 752. The van der Waals surface area contributed by atoms with Crippen LogP contribution in [0.25, 0.3) is 0 Å². The molecule has 4 nitrogen and oxygen atoms in total. The lowest BCUT2D eigenvalue weighted by molar-refractivity contribution is 0.600. The van der Waals surface area contributed by atoms with Crippen molar-refractivity contribution in [2.75, 3.05) is 10.5 Å². The van der Waals surface area contributed by atoms with Crippen LogP contribution in [0, 0.1) is 20.8 Å². The van der Waals surface area contributed by atoms with E-state index in [9.17, 15) is 8.42 Å². The summed E-state index contributed by atoms with van der Waals surface area (Å²) in [6.07, 6.45) is 0. The number of aryl methyl sites for hydroxylation is 1. The fraction of sp³-hybridized carbons (Fsp3) is 0.200. The predicted octanol–water partition coefficient (Wildman–Crippen LogP) is 2.99. The molecular weight excluding hydrogens is 272 g/mol. The topological polar surface area (TPSA) is 72.2 Å². The highest BCUT2D eigenvalue weighted by Crippen LogP contribution is 2.25. The van der Waals surface area contributed by atoms with Crippen LogP contribution in [-0.4, -0.2) is 8.42 Å². The largest absolute Gasteiger partial charge is 0.398 e. The van der Waals surface area contributed by atoms with Gasteiger partial charge in [-0.3, -0.25) is 4.72 Å². The minimum atomic E-state index is -3.64. The van der Waals surface area contributed by atoms with Gasteiger partial charge in [-0.25, -0.2) is 8.42 Å². The summed E-state index contributed by atoms with van der Waals surface area (Å²) in [6.45, 7) is 5.53. The number of nitrogens with two attached hydrogens (primary N) is 1. The summed E-state index contributed by atoms with van der Waals surface area (Å²) in [7, 11) is -3.64. The summed E-state index contributed by atoms with van der Waals surface area (Å²) in [5, 5.41) is 0. The molecule has 0 aliphatic rings. The van der Waals surface area contributed by atoms with E-state index in [4.69, 9.17) is 5.73 Å². The van der Waals surface area contributed by atoms with Gasteiger partial charge in [0.1, 0.15) is 0 Å². The molecule has 0 heterocycles. The molecule has 5 heteroatoms. The first kappa shape index (κ1) is 14.4. The van der Waals surface area contributed by atoms with Crippen LogP contribution in [-0.2, 0) is 10.0 Å². The van der Waals surface area contributed by atoms with Gasteiger partial charge in [0.15, 0.2) is 0 Å². The molecule has 0 spiro atoms. The maximum atomic E-state index is 12.5. The monoisotopic (exact) mass is 290 g/mol. The molecule has 2 aromatic carbocycles. The van der Waals surface area contributed by atoms with Crippen molar-refractivity contribution in [3.8, 4) is 0 Å². The molecule has 0 saturated carbocycles. The molecule has 0 aliphatic carbocycles. The van der Waals surface area contributed by atoms with Crippen molar-refractivity contribution >= 4 is 21.4 Å². The van der Waals surface area contributed by atoms with Crippen molar-refractivity contribution in [2.45, 2.75) is 25.7 Å². The Morgan fingerprint density at radius 2 is 1.60 bits per heavy atom. The minimum Gasteiger partial charge on any atom is -0.398 e. The number of hydrogen-bond acceptors (Lipinski definition) is 3. The highest BCUT2D eigenvalue weighted by Gasteiger charge is 2.18. The number of anilines is 2. The number of sulfonamides is 1. The van der Waals surface area contributed by atoms with Crippen LogP contribution in [0.5, 0.6) is 0 Å². The predicted molar refractivity (Wildman–Crippen MR) is 82.3 cm³/mol. The summed E-state index contributed by atoms with van der Waals surface area (Å²) in [6, 6.07) is 10.4. The van der Waals surface area contributed by atoms with Gasteiger partial charge >= 0.3 is 0 Å². The molecule has 0 unspecified atom stereocenters. The van der Waals surface area contributed by atoms with Crippen LogP contribution >= 0.6 is 0 Å². The first-order valence-corrected chi connectivity index (χ1v) is 7.75. The molecule has 3 N–H and O–H groups in total. The Morgan fingerprint density at radius 3 is 2.30 bits per heavy atom. The minimum absolute atomic E-state index is 0.207. The van der Waals surface area contributed by atoms with Gasteiger partial charge in [0.2, 0.25) is 0 Å². The van der Waals surface area contributed by atoms with Crippen molar-refractivity contribution < 1.29 is 8.42 Å². The van der Waals surface area contributed by atoms with Crippen molar-refractivity contribution in [3.63, 3.8) is 0 Å². The molecular formula is C15H18N2O2S. The summed E-state index contributed by atoms with van der Waals surface area (Å²) in [5.41, 5.74) is 9.34. The summed E-state index contributed by atoms with van der Waals surface area (Å²) in [4.78, 5) is 0.207. The van der Waals surface area contributed by atoms with E-state index in [0.717, 1.165) is 11.1 Å². The van der Waals surface area contributed by atoms with Crippen LogP contribution < -0.4 is 10.5 Å². The van der Waals surface area contributed by atoms with Gasteiger partial charge in [-0.05, 0) is 55.7 Å². The normalized spacial score (nSPS) is 11.3. The van der Waals surface area contributed by atoms with E-state index in [1.807, 2.05) is 26.0 Å².